The summed E-state index contributed by atoms with van der Waals surface area (Å²) in [6.07, 6.45) is 0. The molecule has 0 aliphatic carbocycles. The second-order valence-electron chi connectivity index (χ2n) is 4.79. The van der Waals surface area contributed by atoms with Crippen molar-refractivity contribution in [2.24, 2.45) is 5.41 Å². The summed E-state index contributed by atoms with van der Waals surface area (Å²) in [6.45, 7) is 5.65. The van der Waals surface area contributed by atoms with Gasteiger partial charge in [0.05, 0.1) is 0 Å². The van der Waals surface area contributed by atoms with Crippen molar-refractivity contribution in [1.29, 1.82) is 0 Å². The zero-order chi connectivity index (χ0) is 12.3. The molecule has 0 spiro atoms. The molecule has 2 N–H and O–H groups in total. The lowest BCUT2D eigenvalue weighted by Gasteiger charge is -2.28. The number of rotatable bonds is 3. The molecule has 0 amide bonds. The van der Waals surface area contributed by atoms with Crippen molar-refractivity contribution in [2.45, 2.75) is 26.8 Å². The van der Waals surface area contributed by atoms with E-state index in [1.54, 1.807) is 24.3 Å². The number of hydrogen-bond acceptors (Lipinski definition) is 2. The minimum atomic E-state index is -0.859. The molecule has 1 aromatic rings. The second kappa shape index (κ2) is 4.74. The molecule has 3 nitrogen and oxygen atoms in total. The van der Waals surface area contributed by atoms with Crippen LogP contribution < -0.4 is 5.32 Å². The summed E-state index contributed by atoms with van der Waals surface area (Å²) < 4.78 is 0. The highest BCUT2D eigenvalue weighted by molar-refractivity contribution is 6.30. The molecule has 0 saturated carbocycles. The molecule has 0 fully saturated rings. The van der Waals surface area contributed by atoms with E-state index >= 15 is 0 Å². The molecule has 1 rings (SSSR count). The predicted molar refractivity (Wildman–Crippen MR) is 66.0 cm³/mol. The van der Waals surface area contributed by atoms with Gasteiger partial charge in [0.15, 0.2) is 0 Å². The third kappa shape index (κ3) is 3.42. The Hall–Kier alpha value is -1.22. The van der Waals surface area contributed by atoms with Crippen LogP contribution in [0, 0.1) is 5.41 Å². The minimum absolute atomic E-state index is 0.356. The fraction of sp³-hybridized carbons (Fsp3) is 0.417. The van der Waals surface area contributed by atoms with Crippen LogP contribution in [0.1, 0.15) is 20.8 Å². The van der Waals surface area contributed by atoms with Crippen molar-refractivity contribution in [2.75, 3.05) is 5.32 Å². The van der Waals surface area contributed by atoms with E-state index in [9.17, 15) is 4.79 Å². The Labute approximate surface area is 100 Å². The number of benzene rings is 1. The van der Waals surface area contributed by atoms with Crippen LogP contribution in [0.5, 0.6) is 0 Å². The van der Waals surface area contributed by atoms with Gasteiger partial charge in [-0.1, -0.05) is 32.4 Å². The molecule has 16 heavy (non-hydrogen) atoms. The third-order valence-corrected chi connectivity index (χ3v) is 2.52. The van der Waals surface area contributed by atoms with E-state index in [-0.39, 0.29) is 5.41 Å². The van der Waals surface area contributed by atoms with Gasteiger partial charge in [-0.15, -0.1) is 0 Å². The molecule has 0 aliphatic heterocycles. The minimum Gasteiger partial charge on any atom is -0.480 e. The lowest BCUT2D eigenvalue weighted by Crippen LogP contribution is -2.41. The zero-order valence-electron chi connectivity index (χ0n) is 9.62. The monoisotopic (exact) mass is 241 g/mol. The molecule has 0 saturated heterocycles. The van der Waals surface area contributed by atoms with E-state index in [4.69, 9.17) is 16.7 Å². The Morgan fingerprint density at radius 3 is 2.19 bits per heavy atom. The highest BCUT2D eigenvalue weighted by Crippen LogP contribution is 2.24. The van der Waals surface area contributed by atoms with Gasteiger partial charge in [-0.05, 0) is 29.7 Å². The molecule has 4 heteroatoms. The maximum Gasteiger partial charge on any atom is 0.326 e. The van der Waals surface area contributed by atoms with E-state index in [1.807, 2.05) is 20.8 Å². The average Bonchev–Trinajstić information content (AvgIpc) is 2.14. The zero-order valence-corrected chi connectivity index (χ0v) is 10.4. The summed E-state index contributed by atoms with van der Waals surface area (Å²) in [5.41, 5.74) is 0.401. The van der Waals surface area contributed by atoms with Gasteiger partial charge in [-0.3, -0.25) is 0 Å². The Kier molecular flexibility index (Phi) is 3.81. The topological polar surface area (TPSA) is 49.3 Å². The first-order chi connectivity index (χ1) is 7.30. The van der Waals surface area contributed by atoms with Gasteiger partial charge in [0.2, 0.25) is 0 Å². The van der Waals surface area contributed by atoms with Crippen LogP contribution in [0.3, 0.4) is 0 Å². The predicted octanol–water partition coefficient (Wildman–Crippen LogP) is 3.25. The average molecular weight is 242 g/mol. The maximum atomic E-state index is 11.1. The molecule has 88 valence electrons. The number of nitrogens with one attached hydrogen (secondary N) is 1. The molecule has 0 bridgehead atoms. The number of hydrogen-bond donors (Lipinski definition) is 2. The largest absolute Gasteiger partial charge is 0.480 e. The number of anilines is 1. The van der Waals surface area contributed by atoms with Gasteiger partial charge in [0.25, 0.3) is 0 Å². The number of carbonyl (C=O) groups is 1. The van der Waals surface area contributed by atoms with E-state index < -0.39 is 12.0 Å². The van der Waals surface area contributed by atoms with Crippen LogP contribution >= 0.6 is 11.6 Å². The number of carboxylic acid groups (broad SMARTS) is 1. The Bertz CT molecular complexity index is 368. The van der Waals surface area contributed by atoms with E-state index in [0.29, 0.717) is 5.02 Å². The van der Waals surface area contributed by atoms with Gasteiger partial charge >= 0.3 is 5.97 Å². The van der Waals surface area contributed by atoms with E-state index in [2.05, 4.69) is 5.32 Å². The van der Waals surface area contributed by atoms with Crippen molar-refractivity contribution in [3.05, 3.63) is 29.3 Å². The molecule has 1 unspecified atom stereocenters. The summed E-state index contributed by atoms with van der Waals surface area (Å²) in [5, 5.41) is 12.8. The summed E-state index contributed by atoms with van der Waals surface area (Å²) in [6, 6.07) is 6.36. The van der Waals surface area contributed by atoms with Gasteiger partial charge in [-0.25, -0.2) is 4.79 Å². The molecule has 0 aromatic heterocycles. The van der Waals surface area contributed by atoms with E-state index in [1.165, 1.54) is 0 Å². The van der Waals surface area contributed by atoms with Crippen molar-refractivity contribution in [1.82, 2.24) is 0 Å². The van der Waals surface area contributed by atoms with Crippen LogP contribution in [0.15, 0.2) is 24.3 Å². The SMILES string of the molecule is CC(C)(C)C(Nc1ccc(Cl)cc1)C(=O)O. The normalized spacial score (nSPS) is 13.2. The number of carboxylic acids is 1. The molecule has 0 aliphatic rings. The van der Waals surface area contributed by atoms with Gasteiger partial charge < -0.3 is 10.4 Å². The Morgan fingerprint density at radius 2 is 1.81 bits per heavy atom. The smallest absolute Gasteiger partial charge is 0.326 e. The second-order valence-corrected chi connectivity index (χ2v) is 5.22. The first-order valence-corrected chi connectivity index (χ1v) is 5.43. The fourth-order valence-electron chi connectivity index (χ4n) is 1.36. The van der Waals surface area contributed by atoms with E-state index in [0.717, 1.165) is 5.69 Å². The Balaban J connectivity index is 2.84. The van der Waals surface area contributed by atoms with Crippen molar-refractivity contribution < 1.29 is 9.90 Å². The van der Waals surface area contributed by atoms with Gasteiger partial charge in [-0.2, -0.15) is 0 Å². The van der Waals surface area contributed by atoms with Crippen LogP contribution in [0.2, 0.25) is 5.02 Å². The van der Waals surface area contributed by atoms with Gasteiger partial charge in [0, 0.05) is 10.7 Å². The molecule has 1 aromatic carbocycles. The highest BCUT2D eigenvalue weighted by Gasteiger charge is 2.30. The quantitative estimate of drug-likeness (QED) is 0.854. The molecule has 0 heterocycles. The summed E-state index contributed by atoms with van der Waals surface area (Å²) >= 11 is 5.76. The first-order valence-electron chi connectivity index (χ1n) is 5.05. The van der Waals surface area contributed by atoms with Crippen LogP contribution in [-0.2, 0) is 4.79 Å². The highest BCUT2D eigenvalue weighted by atomic mass is 35.5. The van der Waals surface area contributed by atoms with Crippen molar-refractivity contribution in [3.63, 3.8) is 0 Å². The van der Waals surface area contributed by atoms with Crippen LogP contribution in [0.4, 0.5) is 5.69 Å². The fourth-order valence-corrected chi connectivity index (χ4v) is 1.49. The lowest BCUT2D eigenvalue weighted by atomic mass is 9.86. The molecule has 0 radical (unpaired) electrons. The van der Waals surface area contributed by atoms with Gasteiger partial charge in [0.1, 0.15) is 6.04 Å². The summed E-state index contributed by atoms with van der Waals surface area (Å²) in [7, 11) is 0. The molecular weight excluding hydrogens is 226 g/mol. The Morgan fingerprint density at radius 1 is 1.31 bits per heavy atom. The summed E-state index contributed by atoms with van der Waals surface area (Å²) in [4.78, 5) is 11.1. The van der Waals surface area contributed by atoms with Crippen molar-refractivity contribution in [3.8, 4) is 0 Å². The van der Waals surface area contributed by atoms with Crippen LogP contribution in [0.25, 0.3) is 0 Å². The standard InChI is InChI=1S/C12H16ClNO2/c1-12(2,3)10(11(15)16)14-9-6-4-8(13)5-7-9/h4-7,10,14H,1-3H3,(H,15,16). The molecular formula is C12H16ClNO2. The first kappa shape index (κ1) is 12.8. The lowest BCUT2D eigenvalue weighted by molar-refractivity contribution is -0.140. The molecule has 1 atom stereocenters. The third-order valence-electron chi connectivity index (χ3n) is 2.27. The van der Waals surface area contributed by atoms with Crippen molar-refractivity contribution >= 4 is 23.3 Å². The number of halogens is 1. The van der Waals surface area contributed by atoms with Crippen LogP contribution in [-0.4, -0.2) is 17.1 Å². The summed E-state index contributed by atoms with van der Waals surface area (Å²) in [5.74, 6) is -0.859. The maximum absolute atomic E-state index is 11.1. The number of aliphatic carboxylic acids is 1.